The van der Waals surface area contributed by atoms with Crippen molar-refractivity contribution >= 4 is 12.1 Å². The summed E-state index contributed by atoms with van der Waals surface area (Å²) >= 11 is 0. The molecule has 1 atom stereocenters. The molecular formula is C15H27NO4. The van der Waals surface area contributed by atoms with Crippen LogP contribution in [0.2, 0.25) is 0 Å². The van der Waals surface area contributed by atoms with Gasteiger partial charge in [-0.3, -0.25) is 0 Å². The Morgan fingerprint density at radius 2 is 1.65 bits per heavy atom. The molecule has 5 heteroatoms. The van der Waals surface area contributed by atoms with Gasteiger partial charge in [0.25, 0.3) is 0 Å². The average molecular weight is 285 g/mol. The second-order valence-electron chi connectivity index (χ2n) is 6.42. The van der Waals surface area contributed by atoms with Crippen molar-refractivity contribution < 1.29 is 19.1 Å². The fourth-order valence-corrected chi connectivity index (χ4v) is 2.17. The molecule has 116 valence electrons. The molecule has 0 aromatic carbocycles. The van der Waals surface area contributed by atoms with Gasteiger partial charge in [0.05, 0.1) is 0 Å². The molecule has 0 spiro atoms. The average Bonchev–Trinajstić information content (AvgIpc) is 2.54. The highest BCUT2D eigenvalue weighted by Gasteiger charge is 2.24. The summed E-state index contributed by atoms with van der Waals surface area (Å²) in [5.41, 5.74) is -0.574. The van der Waals surface area contributed by atoms with E-state index in [9.17, 15) is 9.59 Å². The molecule has 0 aromatic heterocycles. The van der Waals surface area contributed by atoms with E-state index in [4.69, 9.17) is 9.47 Å². The largest absolute Gasteiger partial charge is 0.461 e. The van der Waals surface area contributed by atoms with E-state index in [2.05, 4.69) is 5.32 Å². The monoisotopic (exact) mass is 285 g/mol. The summed E-state index contributed by atoms with van der Waals surface area (Å²) in [6, 6.07) is -0.687. The molecule has 5 nitrogen and oxygen atoms in total. The summed E-state index contributed by atoms with van der Waals surface area (Å²) < 4.78 is 10.6. The molecule has 0 saturated heterocycles. The number of hydrogen-bond donors (Lipinski definition) is 1. The fourth-order valence-electron chi connectivity index (χ4n) is 2.17. The molecule has 1 amide bonds. The number of amides is 1. The molecule has 0 heterocycles. The molecule has 0 bridgehead atoms. The van der Waals surface area contributed by atoms with Crippen molar-refractivity contribution in [1.29, 1.82) is 0 Å². The molecule has 1 saturated carbocycles. The van der Waals surface area contributed by atoms with Crippen LogP contribution in [0, 0.1) is 0 Å². The summed E-state index contributed by atoms with van der Waals surface area (Å²) in [7, 11) is 0. The van der Waals surface area contributed by atoms with E-state index < -0.39 is 17.7 Å². The Balaban J connectivity index is 2.36. The number of ether oxygens (including phenoxy) is 2. The van der Waals surface area contributed by atoms with Crippen LogP contribution < -0.4 is 5.32 Å². The van der Waals surface area contributed by atoms with Gasteiger partial charge in [0.1, 0.15) is 17.7 Å². The van der Waals surface area contributed by atoms with E-state index in [0.29, 0.717) is 0 Å². The van der Waals surface area contributed by atoms with E-state index in [1.165, 1.54) is 12.8 Å². The van der Waals surface area contributed by atoms with Gasteiger partial charge < -0.3 is 14.8 Å². The first-order valence-corrected chi connectivity index (χ1v) is 7.48. The van der Waals surface area contributed by atoms with Crippen LogP contribution in [0.5, 0.6) is 0 Å². The van der Waals surface area contributed by atoms with Crippen molar-refractivity contribution in [2.24, 2.45) is 0 Å². The van der Waals surface area contributed by atoms with Crippen molar-refractivity contribution in [3.8, 4) is 0 Å². The summed E-state index contributed by atoms with van der Waals surface area (Å²) in [6.45, 7) is 6.95. The second-order valence-corrected chi connectivity index (χ2v) is 6.42. The topological polar surface area (TPSA) is 64.6 Å². The summed E-state index contributed by atoms with van der Waals surface area (Å²) in [4.78, 5) is 23.5. The quantitative estimate of drug-likeness (QED) is 0.639. The molecule has 0 aromatic rings. The Morgan fingerprint density at radius 1 is 1.10 bits per heavy atom. The van der Waals surface area contributed by atoms with Crippen molar-refractivity contribution in [1.82, 2.24) is 5.32 Å². The predicted octanol–water partition coefficient (Wildman–Crippen LogP) is 3.17. The molecular weight excluding hydrogens is 258 g/mol. The van der Waals surface area contributed by atoms with Crippen LogP contribution in [-0.2, 0) is 14.3 Å². The van der Waals surface area contributed by atoms with Gasteiger partial charge in [-0.05, 0) is 53.4 Å². The Labute approximate surface area is 121 Å². The van der Waals surface area contributed by atoms with Crippen molar-refractivity contribution in [2.75, 3.05) is 0 Å². The molecule has 1 rings (SSSR count). The molecule has 1 aliphatic rings. The first kappa shape index (κ1) is 16.8. The zero-order chi connectivity index (χ0) is 15.2. The number of alkyl carbamates (subject to hydrolysis) is 1. The number of nitrogens with one attached hydrogen (secondary N) is 1. The first-order valence-electron chi connectivity index (χ1n) is 7.48. The Morgan fingerprint density at radius 3 is 2.15 bits per heavy atom. The van der Waals surface area contributed by atoms with Gasteiger partial charge in [-0.1, -0.05) is 12.8 Å². The summed E-state index contributed by atoms with van der Waals surface area (Å²) in [5, 5.41) is 2.51. The SMILES string of the molecule is C[C@H](NC(=O)OC(C)(C)C)C(=O)OC1CCCCCC1. The third-order valence-corrected chi connectivity index (χ3v) is 3.17. The lowest BCUT2D eigenvalue weighted by Gasteiger charge is -2.22. The number of esters is 1. The Kier molecular flexibility index (Phi) is 6.30. The van der Waals surface area contributed by atoms with E-state index in [1.54, 1.807) is 27.7 Å². The van der Waals surface area contributed by atoms with Crippen molar-refractivity contribution in [3.63, 3.8) is 0 Å². The minimum Gasteiger partial charge on any atom is -0.461 e. The van der Waals surface area contributed by atoms with Gasteiger partial charge in [-0.15, -0.1) is 0 Å². The van der Waals surface area contributed by atoms with Gasteiger partial charge in [-0.2, -0.15) is 0 Å². The highest BCUT2D eigenvalue weighted by Crippen LogP contribution is 2.20. The fraction of sp³-hybridized carbons (Fsp3) is 0.867. The van der Waals surface area contributed by atoms with Gasteiger partial charge >= 0.3 is 12.1 Å². The van der Waals surface area contributed by atoms with E-state index >= 15 is 0 Å². The number of hydrogen-bond acceptors (Lipinski definition) is 4. The molecule has 0 aliphatic heterocycles. The highest BCUT2D eigenvalue weighted by molar-refractivity contribution is 5.81. The standard InChI is InChI=1S/C15H27NO4/c1-11(16-14(18)20-15(2,3)4)13(17)19-12-9-7-5-6-8-10-12/h11-12H,5-10H2,1-4H3,(H,16,18)/t11-/m0/s1. The van der Waals surface area contributed by atoms with Crippen LogP contribution in [0.15, 0.2) is 0 Å². The lowest BCUT2D eigenvalue weighted by atomic mass is 10.1. The first-order chi connectivity index (χ1) is 9.28. The lowest BCUT2D eigenvalue weighted by Crippen LogP contribution is -2.43. The highest BCUT2D eigenvalue weighted by atomic mass is 16.6. The van der Waals surface area contributed by atoms with Gasteiger partial charge in [-0.25, -0.2) is 9.59 Å². The lowest BCUT2D eigenvalue weighted by molar-refractivity contribution is -0.151. The maximum absolute atomic E-state index is 11.9. The van der Waals surface area contributed by atoms with Gasteiger partial charge in [0.2, 0.25) is 0 Å². The number of carbonyl (C=O) groups is 2. The van der Waals surface area contributed by atoms with Crippen LogP contribution in [-0.4, -0.2) is 29.8 Å². The zero-order valence-electron chi connectivity index (χ0n) is 13.0. The van der Waals surface area contributed by atoms with E-state index in [0.717, 1.165) is 25.7 Å². The molecule has 1 aliphatic carbocycles. The van der Waals surface area contributed by atoms with Crippen LogP contribution in [0.1, 0.15) is 66.2 Å². The minimum atomic E-state index is -0.687. The zero-order valence-corrected chi connectivity index (χ0v) is 13.0. The van der Waals surface area contributed by atoms with Crippen molar-refractivity contribution in [3.05, 3.63) is 0 Å². The van der Waals surface area contributed by atoms with Crippen LogP contribution in [0.4, 0.5) is 4.79 Å². The summed E-state index contributed by atoms with van der Waals surface area (Å²) in [5.74, 6) is -0.386. The van der Waals surface area contributed by atoms with Gasteiger partial charge in [0.15, 0.2) is 0 Å². The smallest absolute Gasteiger partial charge is 0.408 e. The maximum atomic E-state index is 11.9. The number of carbonyl (C=O) groups excluding carboxylic acids is 2. The molecule has 20 heavy (non-hydrogen) atoms. The molecule has 1 N–H and O–H groups in total. The predicted molar refractivity (Wildman–Crippen MR) is 76.4 cm³/mol. The van der Waals surface area contributed by atoms with Crippen LogP contribution in [0.3, 0.4) is 0 Å². The second kappa shape index (κ2) is 7.50. The normalized spacial score (nSPS) is 18.8. The van der Waals surface area contributed by atoms with E-state index in [1.807, 2.05) is 0 Å². The van der Waals surface area contributed by atoms with Gasteiger partial charge in [0, 0.05) is 0 Å². The number of rotatable bonds is 3. The summed E-state index contributed by atoms with van der Waals surface area (Å²) in [6.07, 6.45) is 5.86. The van der Waals surface area contributed by atoms with Crippen molar-refractivity contribution in [2.45, 2.75) is 84.0 Å². The molecule has 0 radical (unpaired) electrons. The minimum absolute atomic E-state index is 0.00659. The molecule has 1 fully saturated rings. The van der Waals surface area contributed by atoms with E-state index in [-0.39, 0.29) is 12.1 Å². The van der Waals surface area contributed by atoms with Crippen LogP contribution >= 0.6 is 0 Å². The Bertz CT molecular complexity index is 327. The van der Waals surface area contributed by atoms with Crippen LogP contribution in [0.25, 0.3) is 0 Å². The third kappa shape index (κ3) is 6.78. The maximum Gasteiger partial charge on any atom is 0.408 e. The third-order valence-electron chi connectivity index (χ3n) is 3.17. The Hall–Kier alpha value is -1.26. The molecule has 0 unspecified atom stereocenters.